The lowest BCUT2D eigenvalue weighted by Gasteiger charge is -2.13. The molecule has 0 aliphatic carbocycles. The van der Waals surface area contributed by atoms with Crippen LogP contribution in [0.25, 0.3) is 0 Å². The normalized spacial score (nSPS) is 12.4. The van der Waals surface area contributed by atoms with E-state index in [4.69, 9.17) is 4.74 Å². The summed E-state index contributed by atoms with van der Waals surface area (Å²) in [6.45, 7) is 2.96. The van der Waals surface area contributed by atoms with Crippen LogP contribution >= 0.6 is 0 Å². The Morgan fingerprint density at radius 1 is 1.29 bits per heavy atom. The van der Waals surface area contributed by atoms with Crippen LogP contribution in [0, 0.1) is 0 Å². The van der Waals surface area contributed by atoms with Gasteiger partial charge in [0.15, 0.2) is 0 Å². The zero-order valence-corrected chi connectivity index (χ0v) is 9.78. The smallest absolute Gasteiger partial charge is 0.129 e. The molecule has 1 heterocycles. The van der Waals surface area contributed by atoms with E-state index in [1.165, 1.54) is 0 Å². The molecule has 2 rings (SSSR count). The van der Waals surface area contributed by atoms with Crippen LogP contribution < -0.4 is 4.74 Å². The maximum absolute atomic E-state index is 10.00. The molecular weight excluding hydrogens is 216 g/mol. The van der Waals surface area contributed by atoms with E-state index in [1.807, 2.05) is 43.3 Å². The van der Waals surface area contributed by atoms with Crippen molar-refractivity contribution in [2.24, 2.45) is 0 Å². The molecule has 1 N–H and O–H groups in total. The van der Waals surface area contributed by atoms with Crippen LogP contribution in [0.5, 0.6) is 5.75 Å². The lowest BCUT2D eigenvalue weighted by atomic mass is 10.2. The highest BCUT2D eigenvalue weighted by Crippen LogP contribution is 2.15. The highest BCUT2D eigenvalue weighted by atomic mass is 16.5. The van der Waals surface area contributed by atoms with E-state index in [-0.39, 0.29) is 6.61 Å². The predicted octanol–water partition coefficient (Wildman–Crippen LogP) is 2.02. The summed E-state index contributed by atoms with van der Waals surface area (Å²) < 4.78 is 7.26. The van der Waals surface area contributed by atoms with E-state index in [0.29, 0.717) is 0 Å². The monoisotopic (exact) mass is 232 g/mol. The molecule has 0 fully saturated rings. The fourth-order valence-electron chi connectivity index (χ4n) is 1.67. The Kier molecular flexibility index (Phi) is 3.77. The molecule has 0 bridgehead atoms. The number of hydrogen-bond donors (Lipinski definition) is 1. The molecule has 0 amide bonds. The molecule has 0 radical (unpaired) electrons. The third-order valence-corrected chi connectivity index (χ3v) is 2.54. The molecule has 4 nitrogen and oxygen atoms in total. The largest absolute Gasteiger partial charge is 0.490 e. The van der Waals surface area contributed by atoms with Gasteiger partial charge >= 0.3 is 0 Å². The van der Waals surface area contributed by atoms with Crippen LogP contribution in [-0.2, 0) is 6.54 Å². The molecule has 1 atom stereocenters. The van der Waals surface area contributed by atoms with E-state index in [1.54, 1.807) is 10.9 Å². The fourth-order valence-corrected chi connectivity index (χ4v) is 1.67. The van der Waals surface area contributed by atoms with Crippen LogP contribution in [0.4, 0.5) is 0 Å². The Bertz CT molecular complexity index is 453. The van der Waals surface area contributed by atoms with Gasteiger partial charge in [0, 0.05) is 12.7 Å². The first-order chi connectivity index (χ1) is 8.31. The zero-order valence-electron chi connectivity index (χ0n) is 9.78. The quantitative estimate of drug-likeness (QED) is 0.857. The highest BCUT2D eigenvalue weighted by molar-refractivity contribution is 5.21. The molecule has 90 valence electrons. The van der Waals surface area contributed by atoms with Crippen molar-refractivity contribution < 1.29 is 9.84 Å². The van der Waals surface area contributed by atoms with Crippen molar-refractivity contribution in [1.29, 1.82) is 0 Å². The van der Waals surface area contributed by atoms with Crippen LogP contribution in [0.15, 0.2) is 42.6 Å². The van der Waals surface area contributed by atoms with Crippen molar-refractivity contribution in [3.63, 3.8) is 0 Å². The maximum atomic E-state index is 10.00. The number of aryl methyl sites for hydroxylation is 1. The van der Waals surface area contributed by atoms with Gasteiger partial charge in [-0.05, 0) is 25.1 Å². The molecule has 1 aromatic carbocycles. The number of nitrogens with zero attached hydrogens (tertiary/aromatic N) is 2. The lowest BCUT2D eigenvalue weighted by molar-refractivity contribution is 0.100. The Morgan fingerprint density at radius 2 is 2.06 bits per heavy atom. The van der Waals surface area contributed by atoms with Crippen LogP contribution in [0.3, 0.4) is 0 Å². The van der Waals surface area contributed by atoms with E-state index < -0.39 is 6.10 Å². The molecule has 0 aliphatic rings. The highest BCUT2D eigenvalue weighted by Gasteiger charge is 2.12. The second-order valence-electron chi connectivity index (χ2n) is 3.71. The summed E-state index contributed by atoms with van der Waals surface area (Å²) in [5.74, 6) is 0.758. The molecule has 4 heteroatoms. The van der Waals surface area contributed by atoms with Gasteiger partial charge in [0.1, 0.15) is 18.5 Å². The number of aliphatic hydroxyl groups excluding tert-OH is 1. The summed E-state index contributed by atoms with van der Waals surface area (Å²) in [5, 5.41) is 14.1. The van der Waals surface area contributed by atoms with Crippen molar-refractivity contribution in [2.75, 3.05) is 6.61 Å². The number of aromatic nitrogens is 2. The third-order valence-electron chi connectivity index (χ3n) is 2.54. The first kappa shape index (κ1) is 11.7. The Morgan fingerprint density at radius 3 is 2.76 bits per heavy atom. The second-order valence-corrected chi connectivity index (χ2v) is 3.71. The first-order valence-corrected chi connectivity index (χ1v) is 5.69. The maximum Gasteiger partial charge on any atom is 0.129 e. The van der Waals surface area contributed by atoms with E-state index >= 15 is 0 Å². The molecule has 0 aliphatic heterocycles. The molecule has 0 saturated carbocycles. The Balaban J connectivity index is 1.96. The van der Waals surface area contributed by atoms with Crippen molar-refractivity contribution in [3.8, 4) is 5.75 Å². The molecule has 0 spiro atoms. The van der Waals surface area contributed by atoms with Crippen LogP contribution in [0.1, 0.15) is 18.7 Å². The SMILES string of the molecule is CCn1nccc1C(O)COc1ccccc1. The van der Waals surface area contributed by atoms with E-state index in [0.717, 1.165) is 18.0 Å². The standard InChI is InChI=1S/C13H16N2O2/c1-2-15-12(8-9-14-15)13(16)10-17-11-6-4-3-5-7-11/h3-9,13,16H,2,10H2,1H3. The summed E-state index contributed by atoms with van der Waals surface area (Å²) in [7, 11) is 0. The summed E-state index contributed by atoms with van der Waals surface area (Å²) in [6, 6.07) is 11.3. The first-order valence-electron chi connectivity index (χ1n) is 5.69. The van der Waals surface area contributed by atoms with Gasteiger partial charge in [-0.2, -0.15) is 5.10 Å². The van der Waals surface area contributed by atoms with Crippen molar-refractivity contribution in [2.45, 2.75) is 19.6 Å². The predicted molar refractivity (Wildman–Crippen MR) is 64.8 cm³/mol. The minimum atomic E-state index is -0.655. The Labute approximate surface area is 100 Å². The summed E-state index contributed by atoms with van der Waals surface area (Å²) in [4.78, 5) is 0. The second kappa shape index (κ2) is 5.50. The number of hydrogen-bond acceptors (Lipinski definition) is 3. The lowest BCUT2D eigenvalue weighted by Crippen LogP contribution is -2.14. The number of aliphatic hydroxyl groups is 1. The van der Waals surface area contributed by atoms with Gasteiger partial charge in [-0.15, -0.1) is 0 Å². The molecule has 0 saturated heterocycles. The van der Waals surface area contributed by atoms with Crippen LogP contribution in [0.2, 0.25) is 0 Å². The third kappa shape index (κ3) is 2.85. The molecule has 1 aromatic heterocycles. The van der Waals surface area contributed by atoms with Crippen molar-refractivity contribution in [1.82, 2.24) is 9.78 Å². The number of rotatable bonds is 5. The Hall–Kier alpha value is -1.81. The van der Waals surface area contributed by atoms with Crippen LogP contribution in [-0.4, -0.2) is 21.5 Å². The van der Waals surface area contributed by atoms with Gasteiger partial charge in [0.05, 0.1) is 5.69 Å². The molecule has 2 aromatic rings. The number of para-hydroxylation sites is 1. The van der Waals surface area contributed by atoms with Crippen molar-refractivity contribution in [3.05, 3.63) is 48.3 Å². The molecule has 1 unspecified atom stereocenters. The van der Waals surface area contributed by atoms with Crippen molar-refractivity contribution >= 4 is 0 Å². The van der Waals surface area contributed by atoms with Gasteiger partial charge in [0.2, 0.25) is 0 Å². The molecular formula is C13H16N2O2. The molecule has 17 heavy (non-hydrogen) atoms. The van der Waals surface area contributed by atoms with E-state index in [9.17, 15) is 5.11 Å². The summed E-state index contributed by atoms with van der Waals surface area (Å²) in [5.41, 5.74) is 0.781. The minimum Gasteiger partial charge on any atom is -0.490 e. The number of ether oxygens (including phenoxy) is 1. The average Bonchev–Trinajstić information content (AvgIpc) is 2.85. The summed E-state index contributed by atoms with van der Waals surface area (Å²) >= 11 is 0. The van der Waals surface area contributed by atoms with Gasteiger partial charge in [-0.1, -0.05) is 18.2 Å². The topological polar surface area (TPSA) is 47.3 Å². The van der Waals surface area contributed by atoms with Gasteiger partial charge in [-0.3, -0.25) is 4.68 Å². The van der Waals surface area contributed by atoms with Gasteiger partial charge in [-0.25, -0.2) is 0 Å². The van der Waals surface area contributed by atoms with E-state index in [2.05, 4.69) is 5.10 Å². The van der Waals surface area contributed by atoms with Gasteiger partial charge < -0.3 is 9.84 Å². The number of benzene rings is 1. The fraction of sp³-hybridized carbons (Fsp3) is 0.308. The van der Waals surface area contributed by atoms with Gasteiger partial charge in [0.25, 0.3) is 0 Å². The minimum absolute atomic E-state index is 0.232. The zero-order chi connectivity index (χ0) is 12.1. The summed E-state index contributed by atoms with van der Waals surface area (Å²) in [6.07, 6.45) is 1.03. The average molecular weight is 232 g/mol.